The molecule has 18 heavy (non-hydrogen) atoms. The minimum atomic E-state index is -0.425. The van der Waals surface area contributed by atoms with E-state index in [4.69, 9.17) is 11.6 Å². The minimum absolute atomic E-state index is 0.0697. The molecule has 5 nitrogen and oxygen atoms in total. The normalized spacial score (nSPS) is 22.4. The van der Waals surface area contributed by atoms with Gasteiger partial charge in [0.2, 0.25) is 5.91 Å². The van der Waals surface area contributed by atoms with Crippen molar-refractivity contribution >= 4 is 35.0 Å². The van der Waals surface area contributed by atoms with Gasteiger partial charge in [0.25, 0.3) is 11.8 Å². The molecule has 1 fully saturated rings. The number of benzene rings is 1. The van der Waals surface area contributed by atoms with E-state index in [1.54, 1.807) is 18.2 Å². The van der Waals surface area contributed by atoms with Gasteiger partial charge in [-0.05, 0) is 18.2 Å². The van der Waals surface area contributed by atoms with Crippen LogP contribution < -0.4 is 10.2 Å². The number of alkyl halides is 1. The van der Waals surface area contributed by atoms with E-state index in [0.717, 1.165) is 0 Å². The first-order valence-corrected chi connectivity index (χ1v) is 5.94. The van der Waals surface area contributed by atoms with E-state index in [0.29, 0.717) is 29.8 Å². The van der Waals surface area contributed by atoms with E-state index in [1.165, 1.54) is 4.90 Å². The lowest BCUT2D eigenvalue weighted by atomic mass is 10.1. The first kappa shape index (κ1) is 11.2. The van der Waals surface area contributed by atoms with Crippen LogP contribution in [0.5, 0.6) is 0 Å². The van der Waals surface area contributed by atoms with E-state index in [1.807, 2.05) is 0 Å². The number of nitrogens with one attached hydrogen (secondary N) is 1. The molecule has 1 unspecified atom stereocenters. The van der Waals surface area contributed by atoms with Crippen LogP contribution >= 0.6 is 11.6 Å². The van der Waals surface area contributed by atoms with Gasteiger partial charge in [-0.3, -0.25) is 19.7 Å². The number of anilines is 1. The van der Waals surface area contributed by atoms with Crippen LogP contribution in [0.1, 0.15) is 27.1 Å². The molecule has 3 rings (SSSR count). The maximum atomic E-state index is 11.7. The fraction of sp³-hybridized carbons (Fsp3) is 0.250. The molecule has 0 spiro atoms. The Hall–Kier alpha value is -1.88. The van der Waals surface area contributed by atoms with Crippen molar-refractivity contribution in [3.05, 3.63) is 29.3 Å². The summed E-state index contributed by atoms with van der Waals surface area (Å²) < 4.78 is 0. The average molecular weight is 265 g/mol. The molecule has 6 heteroatoms. The monoisotopic (exact) mass is 264 g/mol. The largest absolute Gasteiger partial charge is 0.311 e. The maximum Gasteiger partial charge on any atom is 0.259 e. The Morgan fingerprint density at radius 3 is 2.56 bits per heavy atom. The zero-order valence-electron chi connectivity index (χ0n) is 9.27. The van der Waals surface area contributed by atoms with Crippen LogP contribution in [0.4, 0.5) is 5.69 Å². The predicted octanol–water partition coefficient (Wildman–Crippen LogP) is 0.914. The number of hydrogen-bond donors (Lipinski definition) is 1. The van der Waals surface area contributed by atoms with Crippen molar-refractivity contribution in [3.8, 4) is 0 Å². The summed E-state index contributed by atoms with van der Waals surface area (Å²) in [4.78, 5) is 36.2. The van der Waals surface area contributed by atoms with Crippen LogP contribution in [-0.2, 0) is 4.79 Å². The van der Waals surface area contributed by atoms with Crippen LogP contribution in [0, 0.1) is 0 Å². The summed E-state index contributed by atoms with van der Waals surface area (Å²) in [7, 11) is 0. The second-order valence-electron chi connectivity index (χ2n) is 4.32. The second-order valence-corrected chi connectivity index (χ2v) is 4.94. The zero-order valence-corrected chi connectivity index (χ0v) is 10.0. The van der Waals surface area contributed by atoms with Crippen molar-refractivity contribution in [1.29, 1.82) is 0 Å². The molecule has 1 saturated heterocycles. The quantitative estimate of drug-likeness (QED) is 0.606. The maximum absolute atomic E-state index is 11.7. The molecule has 2 aliphatic heterocycles. The Bertz CT molecular complexity index is 585. The van der Waals surface area contributed by atoms with Crippen molar-refractivity contribution in [1.82, 2.24) is 5.32 Å². The van der Waals surface area contributed by atoms with E-state index in [9.17, 15) is 14.4 Å². The highest BCUT2D eigenvalue weighted by Crippen LogP contribution is 2.27. The van der Waals surface area contributed by atoms with Gasteiger partial charge in [-0.2, -0.15) is 0 Å². The molecular formula is C12H9ClN2O3. The molecule has 92 valence electrons. The predicted molar refractivity (Wildman–Crippen MR) is 64.8 cm³/mol. The highest BCUT2D eigenvalue weighted by molar-refractivity contribution is 6.24. The number of nitrogens with zero attached hydrogens (tertiary/aromatic N) is 1. The molecule has 0 aliphatic carbocycles. The smallest absolute Gasteiger partial charge is 0.259 e. The van der Waals surface area contributed by atoms with Crippen LogP contribution in [0.3, 0.4) is 0 Å². The first-order chi connectivity index (χ1) is 8.56. The van der Waals surface area contributed by atoms with Crippen molar-refractivity contribution in [2.75, 3.05) is 11.4 Å². The number of rotatable bonds is 1. The van der Waals surface area contributed by atoms with E-state index >= 15 is 0 Å². The number of carbonyl (C=O) groups is 3. The van der Waals surface area contributed by atoms with Gasteiger partial charge in [0.1, 0.15) is 0 Å². The van der Waals surface area contributed by atoms with Gasteiger partial charge in [0.15, 0.2) is 0 Å². The number of halogens is 1. The van der Waals surface area contributed by atoms with Gasteiger partial charge in [0.05, 0.1) is 16.5 Å². The molecule has 2 aliphatic rings. The zero-order chi connectivity index (χ0) is 12.9. The Morgan fingerprint density at radius 1 is 1.17 bits per heavy atom. The van der Waals surface area contributed by atoms with Crippen LogP contribution in [0.15, 0.2) is 18.2 Å². The number of carbonyl (C=O) groups excluding carboxylic acids is 3. The molecular weight excluding hydrogens is 256 g/mol. The number of imide groups is 1. The first-order valence-electron chi connectivity index (χ1n) is 5.50. The highest BCUT2D eigenvalue weighted by Gasteiger charge is 2.32. The Morgan fingerprint density at radius 2 is 1.89 bits per heavy atom. The number of hydrogen-bond acceptors (Lipinski definition) is 3. The topological polar surface area (TPSA) is 66.5 Å². The van der Waals surface area contributed by atoms with Gasteiger partial charge in [-0.25, -0.2) is 0 Å². The van der Waals surface area contributed by atoms with Gasteiger partial charge >= 0.3 is 0 Å². The third kappa shape index (κ3) is 1.59. The molecule has 3 amide bonds. The molecule has 0 bridgehead atoms. The Balaban J connectivity index is 2.01. The standard InChI is InChI=1S/C12H9ClN2O3/c13-6-3-10(16)15(5-6)7-1-2-8-9(4-7)12(18)14-11(8)17/h1-2,4,6H,3,5H2,(H,14,17,18). The summed E-state index contributed by atoms with van der Waals surface area (Å²) in [5, 5.41) is 2.01. The van der Waals surface area contributed by atoms with Crippen molar-refractivity contribution < 1.29 is 14.4 Å². The minimum Gasteiger partial charge on any atom is -0.311 e. The molecule has 0 aromatic heterocycles. The SMILES string of the molecule is O=C1NC(=O)c2cc(N3CC(Cl)CC3=O)ccc21. The van der Waals surface area contributed by atoms with Gasteiger partial charge < -0.3 is 4.90 Å². The third-order valence-corrected chi connectivity index (χ3v) is 3.40. The number of amides is 3. The summed E-state index contributed by atoms with van der Waals surface area (Å²) in [5.41, 5.74) is 1.26. The molecule has 2 heterocycles. The summed E-state index contributed by atoms with van der Waals surface area (Å²) >= 11 is 5.92. The summed E-state index contributed by atoms with van der Waals surface area (Å²) in [6, 6.07) is 4.77. The highest BCUT2D eigenvalue weighted by atomic mass is 35.5. The Labute approximate surface area is 108 Å². The molecule has 0 saturated carbocycles. The summed E-state index contributed by atoms with van der Waals surface area (Å²) in [6.07, 6.45) is 0.295. The number of fused-ring (bicyclic) bond motifs is 1. The van der Waals surface area contributed by atoms with Gasteiger partial charge in [0, 0.05) is 18.7 Å². The lowest BCUT2D eigenvalue weighted by Gasteiger charge is -2.16. The molecule has 1 aromatic carbocycles. The summed E-state index contributed by atoms with van der Waals surface area (Å²) in [6.45, 7) is 0.425. The molecule has 1 atom stereocenters. The fourth-order valence-electron chi connectivity index (χ4n) is 2.24. The molecule has 0 radical (unpaired) electrons. The van der Waals surface area contributed by atoms with Gasteiger partial charge in [-0.1, -0.05) is 0 Å². The molecule has 1 aromatic rings. The average Bonchev–Trinajstić information content (AvgIpc) is 2.80. The van der Waals surface area contributed by atoms with E-state index < -0.39 is 11.8 Å². The van der Waals surface area contributed by atoms with Crippen molar-refractivity contribution in [2.24, 2.45) is 0 Å². The van der Waals surface area contributed by atoms with Crippen molar-refractivity contribution in [2.45, 2.75) is 11.8 Å². The third-order valence-electron chi connectivity index (χ3n) is 3.11. The Kier molecular flexibility index (Phi) is 2.38. The molecule has 1 N–H and O–H groups in total. The van der Waals surface area contributed by atoms with E-state index in [-0.39, 0.29) is 11.3 Å². The lowest BCUT2D eigenvalue weighted by molar-refractivity contribution is -0.117. The second kappa shape index (κ2) is 3.81. The van der Waals surface area contributed by atoms with Crippen molar-refractivity contribution in [3.63, 3.8) is 0 Å². The fourth-order valence-corrected chi connectivity index (χ4v) is 2.51. The van der Waals surface area contributed by atoms with E-state index in [2.05, 4.69) is 5.32 Å². The summed E-state index contributed by atoms with van der Waals surface area (Å²) in [5.74, 6) is -0.893. The van der Waals surface area contributed by atoms with Crippen LogP contribution in [0.2, 0.25) is 0 Å². The van der Waals surface area contributed by atoms with Crippen LogP contribution in [0.25, 0.3) is 0 Å². The van der Waals surface area contributed by atoms with Gasteiger partial charge in [-0.15, -0.1) is 11.6 Å². The lowest BCUT2D eigenvalue weighted by Crippen LogP contribution is -2.24. The van der Waals surface area contributed by atoms with Crippen LogP contribution in [-0.4, -0.2) is 29.6 Å².